The van der Waals surface area contributed by atoms with Gasteiger partial charge in [0.2, 0.25) is 0 Å². The molecular weight excluding hydrogens is 993 g/mol. The van der Waals surface area contributed by atoms with Gasteiger partial charge in [0.1, 0.15) is 0 Å². The number of allylic oxidation sites excluding steroid dienone is 9. The van der Waals surface area contributed by atoms with E-state index in [-0.39, 0.29) is 40.9 Å². The van der Waals surface area contributed by atoms with Crippen molar-refractivity contribution < 1.29 is 20.1 Å². The molecule has 0 aromatic heterocycles. The lowest BCUT2D eigenvalue weighted by Gasteiger charge is -2.75. The highest BCUT2D eigenvalue weighted by Crippen LogP contribution is 2.84. The number of dihydropyridines is 1. The Morgan fingerprint density at radius 1 is 0.840 bits per heavy atom. The average Bonchev–Trinajstić information content (AvgIpc) is 3.46. The molecule has 416 valence electrons. The molecule has 3 aromatic carbocycles. The van der Waals surface area contributed by atoms with Crippen LogP contribution in [0, 0.1) is 92.2 Å². The minimum Gasteiger partial charge on any atom is -0.481 e. The maximum absolute atomic E-state index is 14.6. The van der Waals surface area contributed by atoms with E-state index in [2.05, 4.69) is 151 Å². The van der Waals surface area contributed by atoms with Gasteiger partial charge in [0.15, 0.2) is 0 Å². The molecule has 6 heteroatoms. The number of benzene rings is 3. The van der Waals surface area contributed by atoms with E-state index in [9.17, 15) is 20.1 Å². The van der Waals surface area contributed by atoms with Crippen molar-refractivity contribution in [2.45, 2.75) is 141 Å². The van der Waals surface area contributed by atoms with Gasteiger partial charge in [-0.05, 0) is 179 Å². The van der Waals surface area contributed by atoms with Crippen LogP contribution in [0.1, 0.15) is 140 Å². The van der Waals surface area contributed by atoms with E-state index in [1.165, 1.54) is 86.4 Å². The van der Waals surface area contributed by atoms with Crippen molar-refractivity contribution in [2.24, 2.45) is 80.3 Å². The first-order valence-corrected chi connectivity index (χ1v) is 31.9. The smallest absolute Gasteiger partial charge is 0.306 e. The van der Waals surface area contributed by atoms with Gasteiger partial charge in [-0.15, -0.1) is 11.8 Å². The maximum Gasteiger partial charge on any atom is 0.306 e. The van der Waals surface area contributed by atoms with Gasteiger partial charge >= 0.3 is 5.97 Å². The van der Waals surface area contributed by atoms with Gasteiger partial charge in [0.05, 0.1) is 23.9 Å². The van der Waals surface area contributed by atoms with Crippen molar-refractivity contribution in [1.82, 2.24) is 10.6 Å². The number of fused-ring (bicyclic) bond motifs is 3. The molecule has 6 nitrogen and oxygen atoms in total. The van der Waals surface area contributed by atoms with Crippen LogP contribution in [0.25, 0.3) is 29.4 Å². The molecule has 4 saturated carbocycles. The molecule has 5 N–H and O–H groups in total. The van der Waals surface area contributed by atoms with Crippen LogP contribution in [-0.4, -0.2) is 46.6 Å². The van der Waals surface area contributed by atoms with E-state index < -0.39 is 51.7 Å². The molecule has 6 heterocycles. The lowest BCUT2D eigenvalue weighted by Crippen LogP contribution is -2.70. The minimum atomic E-state index is -0.777. The summed E-state index contributed by atoms with van der Waals surface area (Å²) in [5, 5.41) is 51.3. The summed E-state index contributed by atoms with van der Waals surface area (Å²) < 4.78 is 0. The highest BCUT2D eigenvalue weighted by molar-refractivity contribution is 5.81. The zero-order valence-corrected chi connectivity index (χ0v) is 47.6. The van der Waals surface area contributed by atoms with Gasteiger partial charge < -0.3 is 26.0 Å². The fourth-order valence-corrected chi connectivity index (χ4v) is 22.6. The Balaban J connectivity index is 0.953. The Labute approximate surface area is 479 Å². The summed E-state index contributed by atoms with van der Waals surface area (Å²) in [5.41, 5.74) is 8.90. The van der Waals surface area contributed by atoms with Gasteiger partial charge in [-0.3, -0.25) is 4.79 Å². The first-order valence-electron chi connectivity index (χ1n) is 31.9. The second kappa shape index (κ2) is 18.6. The number of hydrogen-bond donors (Lipinski definition) is 5. The van der Waals surface area contributed by atoms with Crippen LogP contribution in [0.3, 0.4) is 0 Å². The Morgan fingerprint density at radius 2 is 1.67 bits per heavy atom. The molecule has 0 radical (unpaired) electrons. The molecule has 4 fully saturated rings. The molecule has 20 rings (SSSR count). The van der Waals surface area contributed by atoms with E-state index in [0.717, 1.165) is 70.3 Å². The summed E-state index contributed by atoms with van der Waals surface area (Å²) >= 11 is 0. The van der Waals surface area contributed by atoms with Crippen LogP contribution in [-0.2, 0) is 4.79 Å². The molecule has 17 aliphatic rings. The summed E-state index contributed by atoms with van der Waals surface area (Å²) in [6.45, 7) is 9.04. The maximum atomic E-state index is 14.6. The molecule has 0 saturated heterocycles. The second-order valence-electron chi connectivity index (χ2n) is 28.5. The fraction of sp³-hybridized carbons (Fsp3) is 0.507. The van der Waals surface area contributed by atoms with Gasteiger partial charge in [-0.25, -0.2) is 0 Å². The SMILES string of the molecule is C=C1CC[C@@H](C(=O)O)[C@H]2[C@H](O)C[C@]34C5=C(C[C@H](C[C@@H]6C=c7ccccc7=C[C@@H]63)[C@]24C)[C@]23CC[C@H](O)[C@@]46CC#CC[C@H](C7=c8ccccc8=C[C@H]2C7=C[C@](C=CC4)(C5)C63)c2cccc(c2)C2=CC=C(NCCC[C@H]1C1CCCCC1)NC2. The van der Waals surface area contributed by atoms with Crippen LogP contribution >= 0.6 is 0 Å². The molecule has 16 atom stereocenters. The summed E-state index contributed by atoms with van der Waals surface area (Å²) in [4.78, 5) is 14.6. The van der Waals surface area contributed by atoms with Gasteiger partial charge in [0, 0.05) is 65.3 Å². The van der Waals surface area contributed by atoms with Gasteiger partial charge in [0.25, 0.3) is 0 Å². The van der Waals surface area contributed by atoms with Crippen molar-refractivity contribution in [1.29, 1.82) is 0 Å². The van der Waals surface area contributed by atoms with Crippen molar-refractivity contribution in [3.8, 4) is 11.8 Å². The molecular formula is C75H82N2O4. The zero-order valence-electron chi connectivity index (χ0n) is 47.6. The van der Waals surface area contributed by atoms with E-state index in [1.54, 1.807) is 11.1 Å². The Hall–Kier alpha value is -5.87. The lowest BCUT2D eigenvalue weighted by atomic mass is 9.28. The Bertz CT molecular complexity index is 3710. The van der Waals surface area contributed by atoms with Crippen LogP contribution in [0.15, 0.2) is 138 Å². The number of aliphatic hydroxyl groups excluding tert-OH is 2. The highest BCUT2D eigenvalue weighted by atomic mass is 16.4. The first kappa shape index (κ1) is 50.8. The summed E-state index contributed by atoms with van der Waals surface area (Å²) in [6, 6.07) is 27.6. The standard InChI is InChI=1S/C75H82N2O4/c1-45-25-27-58(69(80)81)68-64(78)43-75-60-38-49-18-7-6-17-47(49)36-53(60)37-54(71(68,75)2)40-62-63(75)42-72-30-14-32-73-31-11-10-23-56(67-57-22-9-8-19-51(57)39-61(59(67)41-72)74(62,70(72)73)33-29-65(73)79)50-21-12-20-48(35-50)52-26-28-66(77-44-52)76-34-13-24-55(45)46-15-4-3-5-16-46/h6-9,12,14,17-22,26,28,30,35-36,38-39,41,46,53-56,58,60-61,64-65,68,70,76-79H,1,3-5,13,15-16,23-25,27,29,31-34,37,40,42-44H2,2H3,(H,80,81)/t53-,54-,55+,56-,58+,60-,61-,64+,65-,68-,70?,71+,72+,73+,74-,75+/m0/s1. The molecule has 2 spiro atoms. The number of carboxylic acids is 1. The predicted octanol–water partition coefficient (Wildman–Crippen LogP) is 10.9. The number of aliphatic carboxylic acids is 1. The molecule has 11 aliphatic carbocycles. The average molecular weight is 1080 g/mol. The van der Waals surface area contributed by atoms with Crippen molar-refractivity contribution in [3.63, 3.8) is 0 Å². The number of nitrogens with one attached hydrogen (secondary N) is 2. The number of carboxylic acid groups (broad SMARTS) is 1. The quantitative estimate of drug-likeness (QED) is 0.129. The summed E-state index contributed by atoms with van der Waals surface area (Å²) in [5.74, 6) is 8.62. The van der Waals surface area contributed by atoms with Gasteiger partial charge in [-0.2, -0.15) is 0 Å². The van der Waals surface area contributed by atoms with Gasteiger partial charge in [-0.1, -0.05) is 165 Å². The monoisotopic (exact) mass is 1070 g/mol. The summed E-state index contributed by atoms with van der Waals surface area (Å²) in [6.07, 6.45) is 35.6. The molecule has 81 heavy (non-hydrogen) atoms. The zero-order chi connectivity index (χ0) is 54.6. The van der Waals surface area contributed by atoms with Crippen molar-refractivity contribution in [2.75, 3.05) is 13.1 Å². The molecule has 1 unspecified atom stereocenters. The third-order valence-electron chi connectivity index (χ3n) is 25.5. The lowest BCUT2D eigenvalue weighted by molar-refractivity contribution is -0.179. The molecule has 18 bridgehead atoms. The molecule has 3 aromatic rings. The van der Waals surface area contributed by atoms with Crippen LogP contribution in [0.4, 0.5) is 0 Å². The minimum absolute atomic E-state index is 0.0142. The number of hydrogen-bond acceptors (Lipinski definition) is 5. The van der Waals surface area contributed by atoms with Crippen LogP contribution in [0.5, 0.6) is 0 Å². The van der Waals surface area contributed by atoms with Crippen LogP contribution < -0.4 is 31.5 Å². The molecule has 0 amide bonds. The molecule has 6 aliphatic heterocycles. The Morgan fingerprint density at radius 3 is 2.49 bits per heavy atom. The van der Waals surface area contributed by atoms with Crippen molar-refractivity contribution >= 4 is 35.3 Å². The van der Waals surface area contributed by atoms with Crippen molar-refractivity contribution in [3.05, 3.63) is 170 Å². The Kier molecular flexibility index (Phi) is 11.6. The van der Waals surface area contributed by atoms with Crippen LogP contribution in [0.2, 0.25) is 0 Å². The van der Waals surface area contributed by atoms with E-state index in [4.69, 9.17) is 6.58 Å². The summed E-state index contributed by atoms with van der Waals surface area (Å²) in [7, 11) is 0. The van der Waals surface area contributed by atoms with E-state index in [1.807, 2.05) is 0 Å². The van der Waals surface area contributed by atoms with E-state index in [0.29, 0.717) is 43.9 Å². The fourth-order valence-electron chi connectivity index (χ4n) is 22.6. The highest BCUT2D eigenvalue weighted by Gasteiger charge is 2.79. The topological polar surface area (TPSA) is 102 Å². The largest absolute Gasteiger partial charge is 0.481 e. The number of aliphatic hydroxyl groups is 2. The van der Waals surface area contributed by atoms with E-state index >= 15 is 0 Å². The second-order valence-corrected chi connectivity index (χ2v) is 28.5. The normalized spacial score (nSPS) is 41.3. The number of carbonyl (C=O) groups is 1. The first-order chi connectivity index (χ1) is 39.5. The number of rotatable bonds is 2. The predicted molar refractivity (Wildman–Crippen MR) is 323 cm³/mol. The third kappa shape index (κ3) is 7.04. The third-order valence-corrected chi connectivity index (χ3v) is 25.5.